The van der Waals surface area contributed by atoms with Gasteiger partial charge in [-0.05, 0) is 38.8 Å². The van der Waals surface area contributed by atoms with E-state index in [0.29, 0.717) is 4.88 Å². The van der Waals surface area contributed by atoms with Crippen LogP contribution >= 0.6 is 11.3 Å². The molecule has 0 spiro atoms. The van der Waals surface area contributed by atoms with Crippen molar-refractivity contribution in [3.05, 3.63) is 21.4 Å². The maximum Gasteiger partial charge on any atom is 0.348 e. The first-order chi connectivity index (χ1) is 7.89. The lowest BCUT2D eigenvalue weighted by Crippen LogP contribution is -2.04. The normalized spacial score (nSPS) is 10.6. The molecule has 1 heterocycles. The Bertz CT molecular complexity index is 472. The van der Waals surface area contributed by atoms with Crippen LogP contribution in [0.25, 0.3) is 0 Å². The highest BCUT2D eigenvalue weighted by Crippen LogP contribution is 2.23. The number of hydrogen-bond donors (Lipinski definition) is 0. The Morgan fingerprint density at radius 2 is 2.18 bits per heavy atom. The first-order valence-electron chi connectivity index (χ1n) is 5.61. The van der Waals surface area contributed by atoms with E-state index >= 15 is 0 Å². The zero-order valence-electron chi connectivity index (χ0n) is 11.0. The number of aryl methyl sites for hydroxylation is 1. The molecule has 0 amide bonds. The molecule has 0 N–H and O–H groups in total. The second-order valence-corrected chi connectivity index (χ2v) is 5.65. The molecule has 0 saturated carbocycles. The highest BCUT2D eigenvalue weighted by atomic mass is 32.1. The summed E-state index contributed by atoms with van der Waals surface area (Å²) in [6.45, 7) is 8.25. The van der Waals surface area contributed by atoms with Crippen molar-refractivity contribution < 1.29 is 9.53 Å². The van der Waals surface area contributed by atoms with Crippen molar-refractivity contribution in [2.75, 3.05) is 7.11 Å². The Morgan fingerprint density at radius 3 is 2.71 bits per heavy atom. The monoisotopic (exact) mass is 250 g/mol. The van der Waals surface area contributed by atoms with E-state index in [0.717, 1.165) is 16.9 Å². The van der Waals surface area contributed by atoms with Crippen molar-refractivity contribution in [2.24, 2.45) is 5.41 Å². The van der Waals surface area contributed by atoms with Crippen molar-refractivity contribution in [1.82, 2.24) is 0 Å². The highest BCUT2D eigenvalue weighted by Gasteiger charge is 2.14. The minimum atomic E-state index is -0.282. The fraction of sp³-hybridized carbons (Fsp3) is 0.500. The average molecular weight is 250 g/mol. The number of rotatable bonds is 2. The van der Waals surface area contributed by atoms with E-state index < -0.39 is 0 Å². The number of esters is 1. The fourth-order valence-electron chi connectivity index (χ4n) is 1.16. The molecule has 0 aromatic carbocycles. The van der Waals surface area contributed by atoms with E-state index in [2.05, 4.69) is 32.6 Å². The molecule has 1 rings (SSSR count). The molecule has 0 fully saturated rings. The van der Waals surface area contributed by atoms with E-state index in [4.69, 9.17) is 4.74 Å². The highest BCUT2D eigenvalue weighted by molar-refractivity contribution is 7.14. The summed E-state index contributed by atoms with van der Waals surface area (Å²) in [4.78, 5) is 13.0. The largest absolute Gasteiger partial charge is 0.465 e. The smallest absolute Gasteiger partial charge is 0.348 e. The Balaban J connectivity index is 2.99. The van der Waals surface area contributed by atoms with Gasteiger partial charge in [0, 0.05) is 5.41 Å². The van der Waals surface area contributed by atoms with Gasteiger partial charge in [0.15, 0.2) is 0 Å². The standard InChI is InChI=1S/C14H18O2S/c1-6-14(3,4)8-7-11-9-10(2)12(17-11)13(15)16-5/h9H,6H2,1-5H3. The van der Waals surface area contributed by atoms with Crippen LogP contribution in [0.4, 0.5) is 0 Å². The van der Waals surface area contributed by atoms with Crippen LogP contribution in [-0.2, 0) is 4.74 Å². The summed E-state index contributed by atoms with van der Waals surface area (Å²) >= 11 is 1.40. The number of ether oxygens (including phenoxy) is 1. The molecule has 1 aromatic rings. The number of carbonyl (C=O) groups is 1. The minimum Gasteiger partial charge on any atom is -0.465 e. The van der Waals surface area contributed by atoms with Gasteiger partial charge in [0.1, 0.15) is 4.88 Å². The molecule has 1 aromatic heterocycles. The topological polar surface area (TPSA) is 26.3 Å². The molecule has 0 radical (unpaired) electrons. The number of carbonyl (C=O) groups excluding carboxylic acids is 1. The van der Waals surface area contributed by atoms with Crippen LogP contribution in [0.1, 0.15) is 47.3 Å². The summed E-state index contributed by atoms with van der Waals surface area (Å²) in [5, 5.41) is 0. The van der Waals surface area contributed by atoms with Crippen LogP contribution in [0.3, 0.4) is 0 Å². The molecule has 92 valence electrons. The van der Waals surface area contributed by atoms with Gasteiger partial charge in [-0.2, -0.15) is 0 Å². The van der Waals surface area contributed by atoms with Crippen LogP contribution in [-0.4, -0.2) is 13.1 Å². The lowest BCUT2D eigenvalue weighted by atomic mass is 9.91. The van der Waals surface area contributed by atoms with Crippen LogP contribution in [0.2, 0.25) is 0 Å². The molecule has 0 unspecified atom stereocenters. The molecule has 0 aliphatic heterocycles. The van der Waals surface area contributed by atoms with Gasteiger partial charge in [-0.1, -0.05) is 18.8 Å². The minimum absolute atomic E-state index is 0.0172. The summed E-state index contributed by atoms with van der Waals surface area (Å²) in [5.41, 5.74) is 0.948. The Labute approximate surface area is 107 Å². The van der Waals surface area contributed by atoms with Crippen LogP contribution < -0.4 is 0 Å². The third-order valence-corrected chi connectivity index (χ3v) is 3.83. The summed E-state index contributed by atoms with van der Waals surface area (Å²) in [7, 11) is 1.40. The molecule has 3 heteroatoms. The Morgan fingerprint density at radius 1 is 1.53 bits per heavy atom. The number of hydrogen-bond acceptors (Lipinski definition) is 3. The molecule has 17 heavy (non-hydrogen) atoms. The average Bonchev–Trinajstić information content (AvgIpc) is 2.67. The molecular weight excluding hydrogens is 232 g/mol. The molecular formula is C14H18O2S. The van der Waals surface area contributed by atoms with Crippen LogP contribution in [0.15, 0.2) is 6.07 Å². The van der Waals surface area contributed by atoms with Crippen LogP contribution in [0.5, 0.6) is 0 Å². The molecule has 2 nitrogen and oxygen atoms in total. The van der Waals surface area contributed by atoms with E-state index in [9.17, 15) is 4.79 Å². The van der Waals surface area contributed by atoms with Crippen molar-refractivity contribution in [2.45, 2.75) is 34.1 Å². The van der Waals surface area contributed by atoms with Crippen molar-refractivity contribution in [1.29, 1.82) is 0 Å². The van der Waals surface area contributed by atoms with Gasteiger partial charge in [-0.15, -0.1) is 11.3 Å². The van der Waals surface area contributed by atoms with Gasteiger partial charge in [0.25, 0.3) is 0 Å². The van der Waals surface area contributed by atoms with Gasteiger partial charge in [-0.25, -0.2) is 4.79 Å². The quantitative estimate of drug-likeness (QED) is 0.592. The fourth-order valence-corrected chi connectivity index (χ4v) is 2.10. The van der Waals surface area contributed by atoms with Crippen molar-refractivity contribution >= 4 is 17.3 Å². The molecule has 0 bridgehead atoms. The zero-order valence-corrected chi connectivity index (χ0v) is 11.8. The van der Waals surface area contributed by atoms with E-state index in [1.54, 1.807) is 0 Å². The lowest BCUT2D eigenvalue weighted by Gasteiger charge is -2.12. The second kappa shape index (κ2) is 5.37. The third kappa shape index (κ3) is 3.61. The zero-order chi connectivity index (χ0) is 13.1. The van der Waals surface area contributed by atoms with E-state index in [-0.39, 0.29) is 11.4 Å². The number of thiophene rings is 1. The third-order valence-electron chi connectivity index (χ3n) is 2.70. The Hall–Kier alpha value is -1.27. The molecule has 0 saturated heterocycles. The summed E-state index contributed by atoms with van der Waals surface area (Å²) < 4.78 is 4.72. The number of methoxy groups -OCH3 is 1. The van der Waals surface area contributed by atoms with Gasteiger partial charge in [-0.3, -0.25) is 0 Å². The molecule has 0 aliphatic carbocycles. The second-order valence-electron chi connectivity index (χ2n) is 4.60. The first kappa shape index (κ1) is 13.8. The van der Waals surface area contributed by atoms with Crippen LogP contribution in [0, 0.1) is 24.2 Å². The van der Waals surface area contributed by atoms with Crippen molar-refractivity contribution in [3.63, 3.8) is 0 Å². The first-order valence-corrected chi connectivity index (χ1v) is 6.43. The summed E-state index contributed by atoms with van der Waals surface area (Å²) in [6, 6.07) is 1.94. The van der Waals surface area contributed by atoms with Gasteiger partial charge in [0.2, 0.25) is 0 Å². The van der Waals surface area contributed by atoms with Gasteiger partial charge < -0.3 is 4.74 Å². The summed E-state index contributed by atoms with van der Waals surface area (Å²) in [5.74, 6) is 6.09. The Kier molecular flexibility index (Phi) is 4.36. The van der Waals surface area contributed by atoms with Gasteiger partial charge >= 0.3 is 5.97 Å². The predicted octanol–water partition coefficient (Wildman–Crippen LogP) is 3.63. The lowest BCUT2D eigenvalue weighted by molar-refractivity contribution is 0.0605. The SMILES string of the molecule is CCC(C)(C)C#Cc1cc(C)c(C(=O)OC)s1. The van der Waals surface area contributed by atoms with Gasteiger partial charge in [0.05, 0.1) is 12.0 Å². The predicted molar refractivity (Wildman–Crippen MR) is 71.3 cm³/mol. The summed E-state index contributed by atoms with van der Waals surface area (Å²) in [6.07, 6.45) is 1.01. The van der Waals surface area contributed by atoms with Crippen molar-refractivity contribution in [3.8, 4) is 11.8 Å². The van der Waals surface area contributed by atoms with E-state index in [1.807, 2.05) is 13.0 Å². The molecule has 0 aliphatic rings. The maximum atomic E-state index is 11.4. The molecule has 0 atom stereocenters. The van der Waals surface area contributed by atoms with E-state index in [1.165, 1.54) is 18.4 Å². The maximum absolute atomic E-state index is 11.4.